The van der Waals surface area contributed by atoms with Crippen LogP contribution in [0.5, 0.6) is 5.75 Å². The average molecular weight is 634 g/mol. The van der Waals surface area contributed by atoms with E-state index in [1.165, 1.54) is 23.0 Å². The fraction of sp³-hybridized carbons (Fsp3) is 0.273. The number of aromatic nitrogens is 2. The van der Waals surface area contributed by atoms with E-state index in [9.17, 15) is 19.5 Å². The summed E-state index contributed by atoms with van der Waals surface area (Å²) in [5, 5.41) is 9.92. The summed E-state index contributed by atoms with van der Waals surface area (Å²) in [6, 6.07) is 12.9. The summed E-state index contributed by atoms with van der Waals surface area (Å²) in [5.74, 6) is -1.08. The SMILES string of the molecule is CCCC1=C(C(=O)OCC)[C@@H](c2cc(Cl)ccc2OC)n2c(s/c(=C/c3cc(C)n(-c4cccc(C(=O)O)c4)c3C)c2=O)=N1. The van der Waals surface area contributed by atoms with Crippen LogP contribution in [0.25, 0.3) is 11.8 Å². The number of carbonyl (C=O) groups excluding carboxylic acids is 1. The molecule has 0 spiro atoms. The van der Waals surface area contributed by atoms with E-state index in [0.29, 0.717) is 43.5 Å². The van der Waals surface area contributed by atoms with Crippen molar-refractivity contribution in [1.29, 1.82) is 0 Å². The first-order chi connectivity index (χ1) is 21.1. The van der Waals surface area contributed by atoms with Gasteiger partial charge in [0, 0.05) is 27.7 Å². The average Bonchev–Trinajstić information content (AvgIpc) is 3.45. The van der Waals surface area contributed by atoms with E-state index in [4.69, 9.17) is 26.1 Å². The van der Waals surface area contributed by atoms with Crippen molar-refractivity contribution >= 4 is 41.0 Å². The Labute approximate surface area is 263 Å². The number of aromatic carboxylic acids is 1. The summed E-state index contributed by atoms with van der Waals surface area (Å²) in [7, 11) is 1.53. The number of carbonyl (C=O) groups is 2. The number of fused-ring (bicyclic) bond motifs is 1. The molecule has 2 aromatic carbocycles. The number of esters is 1. The molecule has 0 fully saturated rings. The van der Waals surface area contributed by atoms with Crippen LogP contribution in [-0.2, 0) is 9.53 Å². The minimum atomic E-state index is -1.01. The molecule has 0 amide bonds. The topological polar surface area (TPSA) is 112 Å². The van der Waals surface area contributed by atoms with Crippen molar-refractivity contribution in [3.05, 3.63) is 113 Å². The van der Waals surface area contributed by atoms with Crippen molar-refractivity contribution in [3.8, 4) is 11.4 Å². The summed E-state index contributed by atoms with van der Waals surface area (Å²) in [4.78, 5) is 44.6. The molecule has 0 aliphatic carbocycles. The van der Waals surface area contributed by atoms with Gasteiger partial charge in [0.2, 0.25) is 0 Å². The summed E-state index contributed by atoms with van der Waals surface area (Å²) in [6.45, 7) is 7.74. The van der Waals surface area contributed by atoms with Gasteiger partial charge in [-0.15, -0.1) is 0 Å². The zero-order chi connectivity index (χ0) is 31.7. The Kier molecular flexibility index (Phi) is 8.94. The van der Waals surface area contributed by atoms with Crippen LogP contribution < -0.4 is 19.6 Å². The zero-order valence-corrected chi connectivity index (χ0v) is 26.6. The lowest BCUT2D eigenvalue weighted by atomic mass is 9.93. The lowest BCUT2D eigenvalue weighted by Crippen LogP contribution is -2.40. The number of carboxylic acid groups (broad SMARTS) is 1. The highest BCUT2D eigenvalue weighted by molar-refractivity contribution is 7.07. The van der Waals surface area contributed by atoms with Crippen molar-refractivity contribution in [2.45, 2.75) is 46.6 Å². The molecule has 11 heteroatoms. The first-order valence-corrected chi connectivity index (χ1v) is 15.4. The Hall–Kier alpha value is -4.41. The van der Waals surface area contributed by atoms with Crippen LogP contribution in [0.1, 0.15) is 65.6 Å². The molecule has 0 unspecified atom stereocenters. The van der Waals surface area contributed by atoms with Crippen molar-refractivity contribution in [2.75, 3.05) is 13.7 Å². The Morgan fingerprint density at radius 3 is 2.59 bits per heavy atom. The Morgan fingerprint density at radius 1 is 1.14 bits per heavy atom. The van der Waals surface area contributed by atoms with E-state index < -0.39 is 18.0 Å². The molecule has 0 saturated carbocycles. The van der Waals surface area contributed by atoms with E-state index in [-0.39, 0.29) is 23.3 Å². The van der Waals surface area contributed by atoms with Gasteiger partial charge in [0.25, 0.3) is 5.56 Å². The van der Waals surface area contributed by atoms with Crippen LogP contribution in [0.3, 0.4) is 0 Å². The number of allylic oxidation sites excluding steroid dienone is 1. The number of thiazole rings is 1. The molecule has 4 aromatic rings. The molecule has 0 bridgehead atoms. The molecule has 1 aliphatic rings. The number of aryl methyl sites for hydroxylation is 1. The van der Waals surface area contributed by atoms with Gasteiger partial charge in [0.15, 0.2) is 4.80 Å². The molecule has 1 N–H and O–H groups in total. The smallest absolute Gasteiger partial charge is 0.338 e. The number of rotatable bonds is 9. The van der Waals surface area contributed by atoms with Crippen molar-refractivity contribution in [2.24, 2.45) is 4.99 Å². The molecule has 1 atom stereocenters. The summed E-state index contributed by atoms with van der Waals surface area (Å²) < 4.78 is 15.0. The fourth-order valence-corrected chi connectivity index (χ4v) is 6.78. The van der Waals surface area contributed by atoms with Gasteiger partial charge in [0.1, 0.15) is 11.8 Å². The highest BCUT2D eigenvalue weighted by atomic mass is 35.5. The zero-order valence-electron chi connectivity index (χ0n) is 25.0. The second kappa shape index (κ2) is 12.7. The molecular weight excluding hydrogens is 602 g/mol. The molecule has 1 aliphatic heterocycles. The fourth-order valence-electron chi connectivity index (χ4n) is 5.58. The van der Waals surface area contributed by atoms with Crippen molar-refractivity contribution in [1.82, 2.24) is 9.13 Å². The number of hydrogen-bond donors (Lipinski definition) is 1. The minimum absolute atomic E-state index is 0.163. The Bertz CT molecular complexity index is 2000. The molecule has 3 heterocycles. The van der Waals surface area contributed by atoms with Gasteiger partial charge in [-0.1, -0.05) is 42.3 Å². The molecule has 44 heavy (non-hydrogen) atoms. The minimum Gasteiger partial charge on any atom is -0.496 e. The molecule has 0 radical (unpaired) electrons. The van der Waals surface area contributed by atoms with E-state index >= 15 is 0 Å². The first-order valence-electron chi connectivity index (χ1n) is 14.2. The number of nitrogens with zero attached hydrogens (tertiary/aromatic N) is 3. The van der Waals surface area contributed by atoms with Gasteiger partial charge in [-0.2, -0.15) is 0 Å². The van der Waals surface area contributed by atoms with Crippen LogP contribution in [0.4, 0.5) is 0 Å². The highest BCUT2D eigenvalue weighted by Gasteiger charge is 2.36. The predicted octanol–water partition coefficient (Wildman–Crippen LogP) is 5.35. The maximum absolute atomic E-state index is 14.2. The number of carboxylic acids is 1. The maximum Gasteiger partial charge on any atom is 0.338 e. The van der Waals surface area contributed by atoms with Gasteiger partial charge in [-0.05, 0) is 81.3 Å². The Morgan fingerprint density at radius 2 is 1.91 bits per heavy atom. The van der Waals surface area contributed by atoms with Gasteiger partial charge < -0.3 is 19.1 Å². The molecular formula is C33H32ClN3O6S. The number of benzene rings is 2. The Balaban J connectivity index is 1.75. The van der Waals surface area contributed by atoms with Crippen molar-refractivity contribution < 1.29 is 24.2 Å². The van der Waals surface area contributed by atoms with Crippen LogP contribution in [0.2, 0.25) is 5.02 Å². The van der Waals surface area contributed by atoms with Gasteiger partial charge in [-0.25, -0.2) is 14.6 Å². The third-order valence-corrected chi connectivity index (χ3v) is 8.70. The monoisotopic (exact) mass is 633 g/mol. The third kappa shape index (κ3) is 5.62. The number of halogens is 1. The van der Waals surface area contributed by atoms with Crippen LogP contribution in [-0.4, -0.2) is 39.9 Å². The second-order valence-electron chi connectivity index (χ2n) is 10.3. The van der Waals surface area contributed by atoms with Crippen LogP contribution in [0, 0.1) is 13.8 Å². The summed E-state index contributed by atoms with van der Waals surface area (Å²) in [6.07, 6.45) is 3.05. The highest BCUT2D eigenvalue weighted by Crippen LogP contribution is 2.38. The molecule has 0 saturated heterocycles. The third-order valence-electron chi connectivity index (χ3n) is 7.49. The summed E-state index contributed by atoms with van der Waals surface area (Å²) in [5.41, 5.74) is 4.46. The largest absolute Gasteiger partial charge is 0.496 e. The maximum atomic E-state index is 14.2. The number of ether oxygens (including phenoxy) is 2. The summed E-state index contributed by atoms with van der Waals surface area (Å²) >= 11 is 7.67. The quantitative estimate of drug-likeness (QED) is 0.249. The van der Waals surface area contributed by atoms with Gasteiger partial charge in [-0.3, -0.25) is 9.36 Å². The standard InChI is InChI=1S/C33H32ClN3O6S/c1-6-9-25-28(32(41)43-7-2)29(24-17-22(34)12-13-26(24)42-5)37-30(38)27(44-33(37)35-25)16-21-14-18(3)36(19(21)4)23-11-8-10-20(15-23)31(39)40/h8,10-17,29H,6-7,9H2,1-5H3,(H,39,40)/b27-16+/t29-/m1/s1. The lowest BCUT2D eigenvalue weighted by Gasteiger charge is -2.27. The lowest BCUT2D eigenvalue weighted by molar-refractivity contribution is -0.139. The van der Waals surface area contributed by atoms with E-state index in [2.05, 4.69) is 0 Å². The number of hydrogen-bond acceptors (Lipinski definition) is 7. The van der Waals surface area contributed by atoms with Crippen LogP contribution in [0.15, 0.2) is 69.6 Å². The first kappa shape index (κ1) is 31.0. The molecule has 5 rings (SSSR count). The van der Waals surface area contributed by atoms with Crippen molar-refractivity contribution in [3.63, 3.8) is 0 Å². The van der Waals surface area contributed by atoms with E-state index in [1.54, 1.807) is 43.3 Å². The second-order valence-corrected chi connectivity index (χ2v) is 11.8. The van der Waals surface area contributed by atoms with E-state index in [0.717, 1.165) is 23.4 Å². The van der Waals surface area contributed by atoms with Gasteiger partial charge >= 0.3 is 11.9 Å². The normalized spacial score (nSPS) is 14.8. The predicted molar refractivity (Wildman–Crippen MR) is 170 cm³/mol. The van der Waals surface area contributed by atoms with Gasteiger partial charge in [0.05, 0.1) is 35.1 Å². The molecule has 2 aromatic heterocycles. The van der Waals surface area contributed by atoms with Crippen LogP contribution >= 0.6 is 22.9 Å². The number of methoxy groups -OCH3 is 1. The molecule has 228 valence electrons. The van der Waals surface area contributed by atoms with E-state index in [1.807, 2.05) is 43.5 Å². The molecule has 9 nitrogen and oxygen atoms in total.